The molecule has 0 aliphatic carbocycles. The van der Waals surface area contributed by atoms with Gasteiger partial charge in [-0.3, -0.25) is 0 Å². The van der Waals surface area contributed by atoms with Gasteiger partial charge in [0.15, 0.2) is 6.29 Å². The number of rotatable bonds is 9. The SMILES string of the molecule is COC(OC)C1CN(c2ccc(C3=C(c4ccccc4F)COc4cc(OCc5ccccc5)ccc43)cc2)C1. The lowest BCUT2D eigenvalue weighted by Gasteiger charge is -2.43. The van der Waals surface area contributed by atoms with E-state index in [0.29, 0.717) is 18.1 Å². The van der Waals surface area contributed by atoms with E-state index >= 15 is 4.39 Å². The predicted octanol–water partition coefficient (Wildman–Crippen LogP) is 6.81. The zero-order chi connectivity index (χ0) is 27.5. The number of anilines is 1. The van der Waals surface area contributed by atoms with Crippen molar-refractivity contribution in [1.29, 1.82) is 0 Å². The van der Waals surface area contributed by atoms with Gasteiger partial charge in [-0.25, -0.2) is 4.39 Å². The molecule has 2 heterocycles. The quantitative estimate of drug-likeness (QED) is 0.219. The molecule has 1 fully saturated rings. The largest absolute Gasteiger partial charge is 0.489 e. The second-order valence-corrected chi connectivity index (χ2v) is 10.1. The number of ether oxygens (including phenoxy) is 4. The van der Waals surface area contributed by atoms with Gasteiger partial charge >= 0.3 is 0 Å². The van der Waals surface area contributed by atoms with E-state index in [2.05, 4.69) is 29.2 Å². The summed E-state index contributed by atoms with van der Waals surface area (Å²) in [5, 5.41) is 0. The summed E-state index contributed by atoms with van der Waals surface area (Å²) in [4.78, 5) is 2.31. The molecule has 40 heavy (non-hydrogen) atoms. The maximum absolute atomic E-state index is 15.0. The van der Waals surface area contributed by atoms with Gasteiger partial charge < -0.3 is 23.8 Å². The lowest BCUT2D eigenvalue weighted by Crippen LogP contribution is -2.53. The highest BCUT2D eigenvalue weighted by molar-refractivity contribution is 6.02. The lowest BCUT2D eigenvalue weighted by atomic mass is 9.87. The van der Waals surface area contributed by atoms with E-state index in [0.717, 1.165) is 58.1 Å². The maximum atomic E-state index is 15.0. The first kappa shape index (κ1) is 26.1. The summed E-state index contributed by atoms with van der Waals surface area (Å²) in [7, 11) is 3.35. The Morgan fingerprint density at radius 2 is 1.57 bits per heavy atom. The maximum Gasteiger partial charge on any atom is 0.162 e. The smallest absolute Gasteiger partial charge is 0.162 e. The molecule has 6 heteroatoms. The number of hydrogen-bond donors (Lipinski definition) is 0. The molecular weight excluding hydrogens is 505 g/mol. The van der Waals surface area contributed by atoms with Crippen LogP contribution in [0.25, 0.3) is 11.1 Å². The fourth-order valence-electron chi connectivity index (χ4n) is 5.51. The van der Waals surface area contributed by atoms with Crippen LogP contribution in [0, 0.1) is 11.7 Å². The molecule has 4 aromatic carbocycles. The third-order valence-electron chi connectivity index (χ3n) is 7.62. The van der Waals surface area contributed by atoms with E-state index < -0.39 is 0 Å². The first-order valence-corrected chi connectivity index (χ1v) is 13.5. The van der Waals surface area contributed by atoms with Crippen molar-refractivity contribution in [2.75, 3.05) is 38.8 Å². The summed E-state index contributed by atoms with van der Waals surface area (Å²) in [5.41, 5.74) is 6.49. The van der Waals surface area contributed by atoms with Crippen LogP contribution in [0.5, 0.6) is 11.5 Å². The number of methoxy groups -OCH3 is 2. The standard InChI is InChI=1S/C34H32FNO4/c1-37-34(38-2)25-19-36(20-25)26-14-12-24(13-15-26)33-29-17-16-27(39-21-23-8-4-3-5-9-23)18-32(29)40-22-30(33)28-10-6-7-11-31(28)35/h3-18,25,34H,19-22H2,1-2H3. The molecule has 6 rings (SSSR count). The summed E-state index contributed by atoms with van der Waals surface area (Å²) >= 11 is 0. The molecule has 0 atom stereocenters. The van der Waals surface area contributed by atoms with E-state index in [9.17, 15) is 0 Å². The fraction of sp³-hybridized carbons (Fsp3) is 0.235. The van der Waals surface area contributed by atoms with Crippen LogP contribution in [0.3, 0.4) is 0 Å². The van der Waals surface area contributed by atoms with Gasteiger partial charge in [-0.15, -0.1) is 0 Å². The third kappa shape index (κ3) is 5.20. The lowest BCUT2D eigenvalue weighted by molar-refractivity contribution is -0.142. The topological polar surface area (TPSA) is 40.2 Å². The number of nitrogens with zero attached hydrogens (tertiary/aromatic N) is 1. The van der Waals surface area contributed by atoms with E-state index in [4.69, 9.17) is 18.9 Å². The van der Waals surface area contributed by atoms with E-state index in [1.807, 2.05) is 60.7 Å². The summed E-state index contributed by atoms with van der Waals surface area (Å²) in [6, 6.07) is 31.3. The molecule has 0 unspecified atom stereocenters. The highest BCUT2D eigenvalue weighted by Gasteiger charge is 2.34. The molecule has 1 saturated heterocycles. The van der Waals surface area contributed by atoms with Crippen LogP contribution >= 0.6 is 0 Å². The summed E-state index contributed by atoms with van der Waals surface area (Å²) < 4.78 is 38.1. The molecule has 0 saturated carbocycles. The average Bonchev–Trinajstić information content (AvgIpc) is 2.98. The van der Waals surface area contributed by atoms with Gasteiger partial charge in [-0.1, -0.05) is 60.7 Å². The van der Waals surface area contributed by atoms with Crippen molar-refractivity contribution in [1.82, 2.24) is 0 Å². The Morgan fingerprint density at radius 3 is 2.30 bits per heavy atom. The number of benzene rings is 4. The van der Waals surface area contributed by atoms with Gasteiger partial charge in [0.1, 0.15) is 30.5 Å². The van der Waals surface area contributed by atoms with Crippen LogP contribution in [0.15, 0.2) is 97.1 Å². The molecule has 0 amide bonds. The molecule has 0 radical (unpaired) electrons. The van der Waals surface area contributed by atoms with Crippen LogP contribution in [0.4, 0.5) is 10.1 Å². The molecule has 0 N–H and O–H groups in total. The van der Waals surface area contributed by atoms with Crippen molar-refractivity contribution in [3.8, 4) is 11.5 Å². The molecule has 5 nitrogen and oxygen atoms in total. The first-order chi connectivity index (χ1) is 19.6. The highest BCUT2D eigenvalue weighted by Crippen LogP contribution is 2.43. The van der Waals surface area contributed by atoms with E-state index in [1.165, 1.54) is 6.07 Å². The zero-order valence-electron chi connectivity index (χ0n) is 22.7. The second-order valence-electron chi connectivity index (χ2n) is 10.1. The Balaban J connectivity index is 1.31. The van der Waals surface area contributed by atoms with Crippen molar-refractivity contribution in [3.05, 3.63) is 125 Å². The van der Waals surface area contributed by atoms with Gasteiger partial charge in [0.25, 0.3) is 0 Å². The van der Waals surface area contributed by atoms with Crippen molar-refractivity contribution < 1.29 is 23.3 Å². The first-order valence-electron chi connectivity index (χ1n) is 13.5. The summed E-state index contributed by atoms with van der Waals surface area (Å²) in [5.74, 6) is 1.52. The normalized spacial score (nSPS) is 15.1. The highest BCUT2D eigenvalue weighted by atomic mass is 19.1. The van der Waals surface area contributed by atoms with Crippen molar-refractivity contribution in [2.24, 2.45) is 5.92 Å². The minimum Gasteiger partial charge on any atom is -0.489 e. The van der Waals surface area contributed by atoms with Gasteiger partial charge in [0.05, 0.1) is 0 Å². The van der Waals surface area contributed by atoms with Crippen LogP contribution in [-0.4, -0.2) is 40.2 Å². The Labute approximate surface area is 234 Å². The molecule has 2 aliphatic heterocycles. The Bertz CT molecular complexity index is 1490. The Morgan fingerprint density at radius 1 is 0.850 bits per heavy atom. The molecule has 204 valence electrons. The minimum atomic E-state index is -0.265. The van der Waals surface area contributed by atoms with Gasteiger partial charge in [0.2, 0.25) is 0 Å². The van der Waals surface area contributed by atoms with Crippen molar-refractivity contribution in [3.63, 3.8) is 0 Å². The van der Waals surface area contributed by atoms with Crippen LogP contribution in [0.2, 0.25) is 0 Å². The zero-order valence-corrected chi connectivity index (χ0v) is 22.7. The van der Waals surface area contributed by atoms with Crippen molar-refractivity contribution in [2.45, 2.75) is 12.9 Å². The van der Waals surface area contributed by atoms with Gasteiger partial charge in [0, 0.05) is 61.7 Å². The fourth-order valence-corrected chi connectivity index (χ4v) is 5.51. The minimum absolute atomic E-state index is 0.190. The number of hydrogen-bond acceptors (Lipinski definition) is 5. The molecule has 4 aromatic rings. The van der Waals surface area contributed by atoms with Crippen LogP contribution < -0.4 is 14.4 Å². The van der Waals surface area contributed by atoms with Gasteiger partial charge in [-0.2, -0.15) is 0 Å². The summed E-state index contributed by atoms with van der Waals surface area (Å²) in [6.45, 7) is 2.47. The van der Waals surface area contributed by atoms with Crippen LogP contribution in [-0.2, 0) is 16.1 Å². The Hall–Kier alpha value is -4.13. The number of halogens is 1. The molecule has 0 spiro atoms. The molecular formula is C34H32FNO4. The monoisotopic (exact) mass is 537 g/mol. The Kier molecular flexibility index (Phi) is 7.53. The summed E-state index contributed by atoms with van der Waals surface area (Å²) in [6.07, 6.45) is -0.190. The predicted molar refractivity (Wildman–Crippen MR) is 155 cm³/mol. The van der Waals surface area contributed by atoms with E-state index in [1.54, 1.807) is 20.3 Å². The third-order valence-corrected chi connectivity index (χ3v) is 7.62. The second kappa shape index (κ2) is 11.5. The van der Waals surface area contributed by atoms with E-state index in [-0.39, 0.29) is 18.7 Å². The van der Waals surface area contributed by atoms with Crippen molar-refractivity contribution >= 4 is 16.8 Å². The van der Waals surface area contributed by atoms with Gasteiger partial charge in [-0.05, 0) is 47.0 Å². The number of fused-ring (bicyclic) bond motifs is 1. The average molecular weight is 538 g/mol. The molecule has 0 aromatic heterocycles. The molecule has 2 aliphatic rings. The molecule has 0 bridgehead atoms. The van der Waals surface area contributed by atoms with Crippen LogP contribution in [0.1, 0.15) is 22.3 Å².